The number of methoxy groups -OCH3 is 1. The van der Waals surface area contributed by atoms with Gasteiger partial charge in [-0.25, -0.2) is 9.59 Å². The van der Waals surface area contributed by atoms with E-state index in [0.717, 1.165) is 0 Å². The number of hydrogen-bond donors (Lipinski definition) is 1. The highest BCUT2D eigenvalue weighted by Gasteiger charge is 2.43. The lowest BCUT2D eigenvalue weighted by molar-refractivity contribution is -0.192. The maximum Gasteiger partial charge on any atom is 0.342 e. The minimum absolute atomic E-state index is 0.00406. The van der Waals surface area contributed by atoms with Crippen LogP contribution in [0.25, 0.3) is 0 Å². The molecule has 0 unspecified atom stereocenters. The molecule has 2 rings (SSSR count). The standard InChI is InChI=1S/C23H30O10/c1-8-12(2)21(25)32-14(4)23(6,27)22(26)31-13(3)19(33-15(5)24)16-9-17(28-7)20-18(10-16)29-11-30-20/h8-10,13-14,19,27H,11H2,1-7H3/t13-,14+,19-,23-/m1/s1. The minimum Gasteiger partial charge on any atom is -0.493 e. The summed E-state index contributed by atoms with van der Waals surface area (Å²) in [5, 5.41) is 10.7. The van der Waals surface area contributed by atoms with Gasteiger partial charge in [0.15, 0.2) is 23.2 Å². The molecule has 0 amide bonds. The van der Waals surface area contributed by atoms with Crippen molar-refractivity contribution >= 4 is 17.9 Å². The molecule has 1 aliphatic heterocycles. The average Bonchev–Trinajstić information content (AvgIpc) is 3.24. The number of allylic oxidation sites excluding steroid dienone is 1. The Kier molecular flexibility index (Phi) is 8.32. The summed E-state index contributed by atoms with van der Waals surface area (Å²) in [5.41, 5.74) is -1.41. The van der Waals surface area contributed by atoms with E-state index in [9.17, 15) is 19.5 Å². The van der Waals surface area contributed by atoms with Crippen molar-refractivity contribution in [3.63, 3.8) is 0 Å². The maximum absolute atomic E-state index is 12.8. The summed E-state index contributed by atoms with van der Waals surface area (Å²) in [6.07, 6.45) is -1.74. The predicted molar refractivity (Wildman–Crippen MR) is 115 cm³/mol. The summed E-state index contributed by atoms with van der Waals surface area (Å²) in [7, 11) is 1.45. The molecule has 0 aliphatic carbocycles. The fourth-order valence-electron chi connectivity index (χ4n) is 2.93. The van der Waals surface area contributed by atoms with Crippen molar-refractivity contribution in [3.8, 4) is 17.2 Å². The van der Waals surface area contributed by atoms with Crippen molar-refractivity contribution in [1.82, 2.24) is 0 Å². The van der Waals surface area contributed by atoms with Gasteiger partial charge in [-0.2, -0.15) is 0 Å². The maximum atomic E-state index is 12.8. The second kappa shape index (κ2) is 10.6. The summed E-state index contributed by atoms with van der Waals surface area (Å²) in [4.78, 5) is 36.5. The smallest absolute Gasteiger partial charge is 0.342 e. The second-order valence-electron chi connectivity index (χ2n) is 7.76. The number of carbonyl (C=O) groups is 3. The lowest BCUT2D eigenvalue weighted by Gasteiger charge is -2.31. The van der Waals surface area contributed by atoms with Crippen molar-refractivity contribution in [2.75, 3.05) is 13.9 Å². The molecule has 1 N–H and O–H groups in total. The topological polar surface area (TPSA) is 127 Å². The van der Waals surface area contributed by atoms with Crippen LogP contribution in [-0.4, -0.2) is 54.7 Å². The Morgan fingerprint density at radius 1 is 1.12 bits per heavy atom. The Morgan fingerprint density at radius 2 is 1.79 bits per heavy atom. The first-order valence-corrected chi connectivity index (χ1v) is 10.3. The van der Waals surface area contributed by atoms with Gasteiger partial charge in [0.05, 0.1) is 7.11 Å². The van der Waals surface area contributed by atoms with E-state index in [2.05, 4.69) is 0 Å². The third kappa shape index (κ3) is 5.95. The molecular formula is C23H30O10. The Hall–Kier alpha value is -3.27. The Balaban J connectivity index is 2.25. The van der Waals surface area contributed by atoms with E-state index in [4.69, 9.17) is 28.4 Å². The van der Waals surface area contributed by atoms with E-state index in [1.807, 2.05) is 0 Å². The Labute approximate surface area is 192 Å². The van der Waals surface area contributed by atoms with Gasteiger partial charge in [0.2, 0.25) is 12.5 Å². The molecule has 0 radical (unpaired) electrons. The third-order valence-electron chi connectivity index (χ3n) is 5.27. The molecule has 182 valence electrons. The van der Waals surface area contributed by atoms with Crippen molar-refractivity contribution in [2.24, 2.45) is 0 Å². The van der Waals surface area contributed by atoms with Gasteiger partial charge in [-0.1, -0.05) is 6.08 Å². The van der Waals surface area contributed by atoms with Crippen LogP contribution >= 0.6 is 0 Å². The van der Waals surface area contributed by atoms with E-state index in [1.165, 1.54) is 34.8 Å². The van der Waals surface area contributed by atoms with E-state index in [-0.39, 0.29) is 6.79 Å². The second-order valence-corrected chi connectivity index (χ2v) is 7.76. The van der Waals surface area contributed by atoms with E-state index in [1.54, 1.807) is 32.1 Å². The molecular weight excluding hydrogens is 436 g/mol. The zero-order valence-electron chi connectivity index (χ0n) is 19.8. The van der Waals surface area contributed by atoms with Gasteiger partial charge in [-0.15, -0.1) is 0 Å². The molecule has 33 heavy (non-hydrogen) atoms. The van der Waals surface area contributed by atoms with E-state index in [0.29, 0.717) is 28.4 Å². The largest absolute Gasteiger partial charge is 0.493 e. The molecule has 0 aromatic heterocycles. The molecule has 10 nitrogen and oxygen atoms in total. The molecule has 1 aliphatic rings. The molecule has 0 fully saturated rings. The fraction of sp³-hybridized carbons (Fsp3) is 0.522. The van der Waals surface area contributed by atoms with Gasteiger partial charge in [0.1, 0.15) is 12.2 Å². The zero-order chi connectivity index (χ0) is 24.9. The molecule has 0 saturated heterocycles. The molecule has 1 aromatic rings. The third-order valence-corrected chi connectivity index (χ3v) is 5.27. The fourth-order valence-corrected chi connectivity index (χ4v) is 2.93. The van der Waals surface area contributed by atoms with E-state index >= 15 is 0 Å². The monoisotopic (exact) mass is 466 g/mol. The van der Waals surface area contributed by atoms with Crippen LogP contribution in [0.3, 0.4) is 0 Å². The lowest BCUT2D eigenvalue weighted by atomic mass is 9.99. The van der Waals surface area contributed by atoms with Crippen LogP contribution in [0.4, 0.5) is 0 Å². The van der Waals surface area contributed by atoms with Gasteiger partial charge in [0, 0.05) is 18.1 Å². The number of carbonyl (C=O) groups excluding carboxylic acids is 3. The number of esters is 3. The van der Waals surface area contributed by atoms with Crippen LogP contribution in [0, 0.1) is 0 Å². The predicted octanol–water partition coefficient (Wildman–Crippen LogP) is 2.61. The van der Waals surface area contributed by atoms with Crippen LogP contribution in [0.2, 0.25) is 0 Å². The molecule has 0 saturated carbocycles. The van der Waals surface area contributed by atoms with Crippen LogP contribution in [0.15, 0.2) is 23.8 Å². The van der Waals surface area contributed by atoms with Crippen LogP contribution in [0.1, 0.15) is 53.2 Å². The number of hydrogen-bond acceptors (Lipinski definition) is 10. The molecule has 0 spiro atoms. The van der Waals surface area contributed by atoms with Crippen molar-refractivity contribution in [2.45, 2.75) is 65.5 Å². The number of fused-ring (bicyclic) bond motifs is 1. The highest BCUT2D eigenvalue weighted by molar-refractivity contribution is 5.88. The van der Waals surface area contributed by atoms with Crippen LogP contribution < -0.4 is 14.2 Å². The minimum atomic E-state index is -2.16. The molecule has 0 bridgehead atoms. The van der Waals surface area contributed by atoms with Crippen molar-refractivity contribution < 1.29 is 47.9 Å². The van der Waals surface area contributed by atoms with Gasteiger partial charge in [-0.05, 0) is 46.8 Å². The highest BCUT2D eigenvalue weighted by atomic mass is 16.7. The van der Waals surface area contributed by atoms with Gasteiger partial charge in [0.25, 0.3) is 0 Å². The van der Waals surface area contributed by atoms with Gasteiger partial charge in [-0.3, -0.25) is 4.79 Å². The van der Waals surface area contributed by atoms with Crippen LogP contribution in [-0.2, 0) is 28.6 Å². The number of rotatable bonds is 9. The van der Waals surface area contributed by atoms with Gasteiger partial charge >= 0.3 is 17.9 Å². The summed E-state index contributed by atoms with van der Waals surface area (Å²) in [6, 6.07) is 3.17. The quantitative estimate of drug-likeness (QED) is 0.330. The number of ether oxygens (including phenoxy) is 6. The normalized spacial score (nSPS) is 17.3. The first-order valence-electron chi connectivity index (χ1n) is 10.3. The SMILES string of the molecule is CC=C(C)C(=O)O[C@@H](C)[C@@](C)(O)C(=O)O[C@H](C)[C@@H](OC(C)=O)c1cc(OC)c2c(c1)OCO2. The van der Waals surface area contributed by atoms with Crippen molar-refractivity contribution in [1.29, 1.82) is 0 Å². The highest BCUT2D eigenvalue weighted by Crippen LogP contribution is 2.44. The van der Waals surface area contributed by atoms with Crippen LogP contribution in [0.5, 0.6) is 17.2 Å². The number of benzene rings is 1. The first-order chi connectivity index (χ1) is 15.4. The molecule has 4 atom stereocenters. The Bertz CT molecular complexity index is 933. The zero-order valence-corrected chi connectivity index (χ0v) is 19.8. The van der Waals surface area contributed by atoms with Gasteiger partial charge < -0.3 is 33.5 Å². The summed E-state index contributed by atoms with van der Waals surface area (Å²) in [5.74, 6) is -1.21. The Morgan fingerprint density at radius 3 is 2.36 bits per heavy atom. The number of aliphatic hydroxyl groups is 1. The molecule has 10 heteroatoms. The lowest BCUT2D eigenvalue weighted by Crippen LogP contribution is -2.49. The van der Waals surface area contributed by atoms with E-state index < -0.39 is 41.8 Å². The summed E-state index contributed by atoms with van der Waals surface area (Å²) >= 11 is 0. The summed E-state index contributed by atoms with van der Waals surface area (Å²) < 4.78 is 32.1. The summed E-state index contributed by atoms with van der Waals surface area (Å²) in [6.45, 7) is 8.48. The van der Waals surface area contributed by atoms with Crippen molar-refractivity contribution in [3.05, 3.63) is 29.3 Å². The average molecular weight is 466 g/mol. The molecule has 1 heterocycles. The first kappa shape index (κ1) is 26.0. The molecule has 1 aromatic carbocycles.